The zero-order valence-corrected chi connectivity index (χ0v) is 18.1. The number of nitrogens with one attached hydrogen (secondary N) is 1. The minimum atomic E-state index is -0.316. The van der Waals surface area contributed by atoms with Crippen molar-refractivity contribution in [1.29, 1.82) is 0 Å². The van der Waals surface area contributed by atoms with Gasteiger partial charge in [-0.05, 0) is 38.3 Å². The minimum absolute atomic E-state index is 0.0564. The molecule has 1 aromatic heterocycles. The molecule has 0 saturated carbocycles. The van der Waals surface area contributed by atoms with Crippen molar-refractivity contribution in [2.24, 2.45) is 0 Å². The zero-order chi connectivity index (χ0) is 21.1. The number of amides is 1. The highest BCUT2D eigenvalue weighted by atomic mass is 32.2. The molecular formula is C24H24N4OS. The summed E-state index contributed by atoms with van der Waals surface area (Å²) in [5, 5.41) is 14.4. The molecule has 0 aliphatic rings. The Morgan fingerprint density at radius 3 is 2.63 bits per heavy atom. The molecule has 6 heteroatoms. The Hall–Kier alpha value is -3.12. The van der Waals surface area contributed by atoms with Gasteiger partial charge >= 0.3 is 0 Å². The first-order valence-electron chi connectivity index (χ1n) is 10.0. The number of hydrogen-bond acceptors (Lipinski definition) is 4. The number of aryl methyl sites for hydroxylation is 1. The van der Waals surface area contributed by atoms with Crippen LogP contribution in [-0.2, 0) is 11.3 Å². The van der Waals surface area contributed by atoms with Crippen molar-refractivity contribution < 1.29 is 4.79 Å². The third-order valence-electron chi connectivity index (χ3n) is 5.01. The Labute approximate surface area is 180 Å². The molecule has 1 unspecified atom stereocenters. The molecule has 1 N–H and O–H groups in total. The largest absolute Gasteiger partial charge is 0.325 e. The average Bonchev–Trinajstić information content (AvgIpc) is 3.16. The van der Waals surface area contributed by atoms with Crippen molar-refractivity contribution in [3.63, 3.8) is 0 Å². The van der Waals surface area contributed by atoms with Crippen LogP contribution in [0.15, 0.2) is 71.9 Å². The van der Waals surface area contributed by atoms with Crippen LogP contribution in [-0.4, -0.2) is 25.9 Å². The normalized spacial score (nSPS) is 12.1. The van der Waals surface area contributed by atoms with Gasteiger partial charge in [-0.25, -0.2) is 0 Å². The highest BCUT2D eigenvalue weighted by Crippen LogP contribution is 2.29. The van der Waals surface area contributed by atoms with E-state index < -0.39 is 0 Å². The molecule has 3 aromatic carbocycles. The number of carbonyl (C=O) groups is 1. The molecule has 0 saturated heterocycles. The summed E-state index contributed by atoms with van der Waals surface area (Å²) in [6, 6.07) is 22.2. The molecule has 4 aromatic rings. The monoisotopic (exact) mass is 416 g/mol. The van der Waals surface area contributed by atoms with E-state index in [-0.39, 0.29) is 11.2 Å². The first-order chi connectivity index (χ1) is 14.6. The predicted molar refractivity (Wildman–Crippen MR) is 124 cm³/mol. The van der Waals surface area contributed by atoms with E-state index in [0.717, 1.165) is 39.5 Å². The molecule has 4 rings (SSSR count). The van der Waals surface area contributed by atoms with Gasteiger partial charge in [0.1, 0.15) is 0 Å². The maximum atomic E-state index is 12.9. The Morgan fingerprint density at radius 2 is 1.83 bits per heavy atom. The van der Waals surface area contributed by atoms with E-state index in [1.165, 1.54) is 17.3 Å². The van der Waals surface area contributed by atoms with Gasteiger partial charge in [-0.3, -0.25) is 4.79 Å². The lowest BCUT2D eigenvalue weighted by Crippen LogP contribution is -2.23. The van der Waals surface area contributed by atoms with Gasteiger partial charge < -0.3 is 9.88 Å². The van der Waals surface area contributed by atoms with Gasteiger partial charge in [0.15, 0.2) is 11.0 Å². The fourth-order valence-corrected chi connectivity index (χ4v) is 4.35. The summed E-state index contributed by atoms with van der Waals surface area (Å²) in [6.45, 7) is 6.75. The van der Waals surface area contributed by atoms with E-state index in [1.807, 2.05) is 61.5 Å². The van der Waals surface area contributed by atoms with Crippen molar-refractivity contribution in [2.45, 2.75) is 37.7 Å². The third-order valence-corrected chi connectivity index (χ3v) is 6.09. The van der Waals surface area contributed by atoms with Crippen LogP contribution in [0.3, 0.4) is 0 Å². The number of carbonyl (C=O) groups excluding carboxylic acids is 1. The van der Waals surface area contributed by atoms with E-state index in [2.05, 4.69) is 46.1 Å². The van der Waals surface area contributed by atoms with Crippen molar-refractivity contribution in [3.8, 4) is 11.4 Å². The van der Waals surface area contributed by atoms with E-state index in [4.69, 9.17) is 0 Å². The van der Waals surface area contributed by atoms with E-state index in [0.29, 0.717) is 0 Å². The number of anilines is 1. The highest BCUT2D eigenvalue weighted by Gasteiger charge is 2.21. The summed E-state index contributed by atoms with van der Waals surface area (Å²) in [4.78, 5) is 12.9. The second-order valence-electron chi connectivity index (χ2n) is 7.20. The van der Waals surface area contributed by atoms with Crippen molar-refractivity contribution in [3.05, 3.63) is 72.3 Å². The van der Waals surface area contributed by atoms with Gasteiger partial charge in [0.2, 0.25) is 5.91 Å². The van der Waals surface area contributed by atoms with Gasteiger partial charge in [0, 0.05) is 23.2 Å². The number of rotatable bonds is 6. The van der Waals surface area contributed by atoms with Crippen molar-refractivity contribution in [2.75, 3.05) is 5.32 Å². The summed E-state index contributed by atoms with van der Waals surface area (Å²) in [5.41, 5.74) is 3.03. The van der Waals surface area contributed by atoms with Crippen molar-refractivity contribution >= 4 is 34.1 Å². The lowest BCUT2D eigenvalue weighted by Gasteiger charge is -2.14. The van der Waals surface area contributed by atoms with Gasteiger partial charge in [0.05, 0.1) is 5.25 Å². The van der Waals surface area contributed by atoms with Crippen LogP contribution < -0.4 is 5.32 Å². The fourth-order valence-electron chi connectivity index (χ4n) is 3.44. The molecule has 0 spiro atoms. The molecule has 1 heterocycles. The highest BCUT2D eigenvalue weighted by molar-refractivity contribution is 8.00. The van der Waals surface area contributed by atoms with Gasteiger partial charge in [0.25, 0.3) is 0 Å². The van der Waals surface area contributed by atoms with E-state index in [1.54, 1.807) is 0 Å². The lowest BCUT2D eigenvalue weighted by molar-refractivity contribution is -0.115. The predicted octanol–water partition coefficient (Wildman–Crippen LogP) is 5.55. The molecule has 0 radical (unpaired) electrons. The first kappa shape index (κ1) is 20.2. The standard InChI is InChI=1S/C24H24N4OS/c1-4-28-22(19-12-7-9-16(2)15-19)26-27-24(28)30-17(3)23(29)25-21-14-8-11-18-10-5-6-13-20(18)21/h5-15,17H,4H2,1-3H3,(H,25,29). The molecule has 0 aliphatic heterocycles. The van der Waals surface area contributed by atoms with Crippen LogP contribution in [0, 0.1) is 6.92 Å². The number of thioether (sulfide) groups is 1. The fraction of sp³-hybridized carbons (Fsp3) is 0.208. The van der Waals surface area contributed by atoms with Gasteiger partial charge in [-0.2, -0.15) is 0 Å². The molecule has 0 bridgehead atoms. The van der Waals surface area contributed by atoms with Crippen LogP contribution in [0.2, 0.25) is 0 Å². The van der Waals surface area contributed by atoms with Crippen LogP contribution in [0.25, 0.3) is 22.2 Å². The van der Waals surface area contributed by atoms with Crippen LogP contribution >= 0.6 is 11.8 Å². The second kappa shape index (κ2) is 8.71. The van der Waals surface area contributed by atoms with Crippen LogP contribution in [0.5, 0.6) is 0 Å². The minimum Gasteiger partial charge on any atom is -0.325 e. The molecule has 1 atom stereocenters. The van der Waals surface area contributed by atoms with E-state index >= 15 is 0 Å². The summed E-state index contributed by atoms with van der Waals surface area (Å²) in [7, 11) is 0. The molecule has 152 valence electrons. The number of hydrogen-bond donors (Lipinski definition) is 1. The molecule has 5 nitrogen and oxygen atoms in total. The van der Waals surface area contributed by atoms with Gasteiger partial charge in [-0.1, -0.05) is 71.9 Å². The maximum Gasteiger partial charge on any atom is 0.237 e. The lowest BCUT2D eigenvalue weighted by atomic mass is 10.1. The van der Waals surface area contributed by atoms with Crippen LogP contribution in [0.1, 0.15) is 19.4 Å². The van der Waals surface area contributed by atoms with Crippen molar-refractivity contribution in [1.82, 2.24) is 14.8 Å². The zero-order valence-electron chi connectivity index (χ0n) is 17.3. The Bertz CT molecular complexity index is 1200. The maximum absolute atomic E-state index is 12.9. The Morgan fingerprint density at radius 1 is 1.07 bits per heavy atom. The molecule has 0 aliphatic carbocycles. The molecule has 1 amide bonds. The third kappa shape index (κ3) is 4.09. The summed E-state index contributed by atoms with van der Waals surface area (Å²) >= 11 is 1.42. The van der Waals surface area contributed by atoms with E-state index in [9.17, 15) is 4.79 Å². The number of benzene rings is 3. The Balaban J connectivity index is 1.53. The topological polar surface area (TPSA) is 59.8 Å². The molecule has 0 fully saturated rings. The smallest absolute Gasteiger partial charge is 0.237 e. The average molecular weight is 417 g/mol. The van der Waals surface area contributed by atoms with Crippen LogP contribution in [0.4, 0.5) is 5.69 Å². The summed E-state index contributed by atoms with van der Waals surface area (Å²) in [5.74, 6) is 0.768. The summed E-state index contributed by atoms with van der Waals surface area (Å²) in [6.07, 6.45) is 0. The second-order valence-corrected chi connectivity index (χ2v) is 8.50. The number of nitrogens with zero attached hydrogens (tertiary/aromatic N) is 3. The SMILES string of the molecule is CCn1c(SC(C)C(=O)Nc2cccc3ccccc23)nnc1-c1cccc(C)c1. The van der Waals surface area contributed by atoms with Gasteiger partial charge in [-0.15, -0.1) is 10.2 Å². The first-order valence-corrected chi connectivity index (χ1v) is 10.9. The Kier molecular flexibility index (Phi) is 5.86. The number of fused-ring (bicyclic) bond motifs is 1. The molecule has 30 heavy (non-hydrogen) atoms. The number of aromatic nitrogens is 3. The quantitative estimate of drug-likeness (QED) is 0.419. The summed E-state index contributed by atoms with van der Waals surface area (Å²) < 4.78 is 2.06. The molecular weight excluding hydrogens is 392 g/mol.